The molecule has 3 aromatic carbocycles. The van der Waals surface area contributed by atoms with Gasteiger partial charge in [0.15, 0.2) is 0 Å². The zero-order chi connectivity index (χ0) is 23.5. The van der Waals surface area contributed by atoms with Crippen molar-refractivity contribution in [3.05, 3.63) is 106 Å². The van der Waals surface area contributed by atoms with Crippen LogP contribution in [0.15, 0.2) is 77.6 Å². The standard InChI is InChI=1S/C27H25FN4O2/c28-24-11-10-18(15-25-21-8-4-5-9-22(21)26(33)31-30-25)14-23(24)27(34)32-16-19(17-32)12-13-29-20-6-2-1-3-7-20/h1-11,14,19,29H,12-13,15-17H2,(H,31,33). The first-order valence-electron chi connectivity index (χ1n) is 11.4. The summed E-state index contributed by atoms with van der Waals surface area (Å²) < 4.78 is 14.6. The fourth-order valence-corrected chi connectivity index (χ4v) is 4.41. The van der Waals surface area contributed by atoms with E-state index in [0.29, 0.717) is 36.5 Å². The number of rotatable bonds is 7. The lowest BCUT2D eigenvalue weighted by Gasteiger charge is -2.39. The van der Waals surface area contributed by atoms with Crippen molar-refractivity contribution in [3.8, 4) is 0 Å². The number of nitrogens with zero attached hydrogens (tertiary/aromatic N) is 2. The molecule has 0 aliphatic carbocycles. The number of carbonyl (C=O) groups is 1. The second-order valence-electron chi connectivity index (χ2n) is 8.69. The highest BCUT2D eigenvalue weighted by atomic mass is 19.1. The summed E-state index contributed by atoms with van der Waals surface area (Å²) in [6, 6.07) is 21.8. The molecule has 1 saturated heterocycles. The van der Waals surface area contributed by atoms with Gasteiger partial charge in [-0.2, -0.15) is 5.10 Å². The summed E-state index contributed by atoms with van der Waals surface area (Å²) in [4.78, 5) is 26.7. The summed E-state index contributed by atoms with van der Waals surface area (Å²) in [7, 11) is 0. The molecule has 172 valence electrons. The Balaban J connectivity index is 1.23. The Morgan fingerprint density at radius 2 is 1.76 bits per heavy atom. The Morgan fingerprint density at radius 1 is 1.03 bits per heavy atom. The van der Waals surface area contributed by atoms with Gasteiger partial charge in [0.05, 0.1) is 16.6 Å². The number of benzene rings is 3. The van der Waals surface area contributed by atoms with E-state index in [1.54, 1.807) is 29.2 Å². The number of para-hydroxylation sites is 1. The second-order valence-corrected chi connectivity index (χ2v) is 8.69. The van der Waals surface area contributed by atoms with E-state index in [9.17, 15) is 14.0 Å². The Kier molecular flexibility index (Phi) is 6.08. The molecule has 1 aliphatic heterocycles. The van der Waals surface area contributed by atoms with Gasteiger partial charge in [-0.25, -0.2) is 9.49 Å². The Labute approximate surface area is 196 Å². The van der Waals surface area contributed by atoms with Gasteiger partial charge in [-0.3, -0.25) is 9.59 Å². The highest BCUT2D eigenvalue weighted by molar-refractivity contribution is 5.95. The van der Waals surface area contributed by atoms with Crippen molar-refractivity contribution in [2.24, 2.45) is 5.92 Å². The maximum Gasteiger partial charge on any atom is 0.272 e. The lowest BCUT2D eigenvalue weighted by molar-refractivity contribution is 0.0487. The summed E-state index contributed by atoms with van der Waals surface area (Å²) in [5, 5.41) is 11.4. The molecule has 1 amide bonds. The summed E-state index contributed by atoms with van der Waals surface area (Å²) in [6.45, 7) is 2.09. The first-order chi connectivity index (χ1) is 16.6. The van der Waals surface area contributed by atoms with Crippen molar-refractivity contribution in [1.29, 1.82) is 0 Å². The number of aromatic amines is 1. The zero-order valence-corrected chi connectivity index (χ0v) is 18.6. The van der Waals surface area contributed by atoms with E-state index < -0.39 is 5.82 Å². The maximum atomic E-state index is 14.6. The lowest BCUT2D eigenvalue weighted by Crippen LogP contribution is -2.50. The molecule has 1 aliphatic rings. The van der Waals surface area contributed by atoms with Crippen LogP contribution in [-0.4, -0.2) is 40.6 Å². The normalized spacial score (nSPS) is 13.6. The number of hydrogen-bond acceptors (Lipinski definition) is 4. The second kappa shape index (κ2) is 9.47. The molecule has 6 nitrogen and oxygen atoms in total. The van der Waals surface area contributed by atoms with Gasteiger partial charge >= 0.3 is 0 Å². The average Bonchev–Trinajstić information content (AvgIpc) is 2.84. The highest BCUT2D eigenvalue weighted by Gasteiger charge is 2.32. The third kappa shape index (κ3) is 4.55. The van der Waals surface area contributed by atoms with Crippen molar-refractivity contribution in [2.45, 2.75) is 12.8 Å². The van der Waals surface area contributed by atoms with Gasteiger partial charge in [-0.1, -0.05) is 42.5 Å². The Bertz CT molecular complexity index is 1380. The minimum Gasteiger partial charge on any atom is -0.385 e. The number of H-pyrrole nitrogens is 1. The van der Waals surface area contributed by atoms with E-state index in [4.69, 9.17) is 0 Å². The fraction of sp³-hybridized carbons (Fsp3) is 0.222. The van der Waals surface area contributed by atoms with Crippen LogP contribution in [0.5, 0.6) is 0 Å². The first kappa shape index (κ1) is 21.8. The van der Waals surface area contributed by atoms with Gasteiger partial charge in [0.2, 0.25) is 0 Å². The molecule has 5 rings (SSSR count). The average molecular weight is 457 g/mol. The molecule has 0 saturated carbocycles. The minimum absolute atomic E-state index is 0.0760. The lowest BCUT2D eigenvalue weighted by atomic mass is 9.94. The van der Waals surface area contributed by atoms with E-state index in [1.165, 1.54) is 6.07 Å². The van der Waals surface area contributed by atoms with Crippen LogP contribution in [0.25, 0.3) is 10.8 Å². The van der Waals surface area contributed by atoms with Crippen LogP contribution in [0.1, 0.15) is 28.0 Å². The van der Waals surface area contributed by atoms with Crippen molar-refractivity contribution in [1.82, 2.24) is 15.1 Å². The molecular weight excluding hydrogens is 431 g/mol. The van der Waals surface area contributed by atoms with Gasteiger partial charge in [0.25, 0.3) is 11.5 Å². The number of aromatic nitrogens is 2. The topological polar surface area (TPSA) is 78.1 Å². The van der Waals surface area contributed by atoms with E-state index in [2.05, 4.69) is 15.5 Å². The van der Waals surface area contributed by atoms with Crippen LogP contribution in [0, 0.1) is 11.7 Å². The van der Waals surface area contributed by atoms with Crippen molar-refractivity contribution < 1.29 is 9.18 Å². The van der Waals surface area contributed by atoms with Crippen molar-refractivity contribution >= 4 is 22.4 Å². The molecule has 4 aromatic rings. The minimum atomic E-state index is -0.526. The van der Waals surface area contributed by atoms with Gasteiger partial charge in [0.1, 0.15) is 5.82 Å². The highest BCUT2D eigenvalue weighted by Crippen LogP contribution is 2.24. The maximum absolute atomic E-state index is 14.6. The fourth-order valence-electron chi connectivity index (χ4n) is 4.41. The molecule has 2 heterocycles. The third-order valence-corrected chi connectivity index (χ3v) is 6.31. The third-order valence-electron chi connectivity index (χ3n) is 6.31. The van der Waals surface area contributed by atoms with Crippen LogP contribution in [0.3, 0.4) is 0 Å². The molecule has 0 bridgehead atoms. The van der Waals surface area contributed by atoms with Gasteiger partial charge in [-0.05, 0) is 48.2 Å². The van der Waals surface area contributed by atoms with Crippen LogP contribution in [0.2, 0.25) is 0 Å². The SMILES string of the molecule is O=C(c1cc(Cc2n[nH]c(=O)c3ccccc23)ccc1F)N1CC(CCNc2ccccc2)C1. The van der Waals surface area contributed by atoms with Crippen molar-refractivity contribution in [2.75, 3.05) is 25.0 Å². The van der Waals surface area contributed by atoms with Gasteiger partial charge < -0.3 is 10.2 Å². The Hall–Kier alpha value is -4.00. The molecule has 0 unspecified atom stereocenters. The van der Waals surface area contributed by atoms with Crippen molar-refractivity contribution in [3.63, 3.8) is 0 Å². The monoisotopic (exact) mass is 456 g/mol. The van der Waals surface area contributed by atoms with Gasteiger partial charge in [0, 0.05) is 37.1 Å². The van der Waals surface area contributed by atoms with Gasteiger partial charge in [-0.15, -0.1) is 0 Å². The van der Waals surface area contributed by atoms with Crippen LogP contribution in [0.4, 0.5) is 10.1 Å². The number of anilines is 1. The van der Waals surface area contributed by atoms with Crippen LogP contribution < -0.4 is 10.9 Å². The number of carbonyl (C=O) groups excluding carboxylic acids is 1. The van der Waals surface area contributed by atoms with E-state index >= 15 is 0 Å². The number of amides is 1. The largest absolute Gasteiger partial charge is 0.385 e. The molecule has 0 radical (unpaired) electrons. The zero-order valence-electron chi connectivity index (χ0n) is 18.6. The molecule has 0 atom stereocenters. The summed E-state index contributed by atoms with van der Waals surface area (Å²) in [5.41, 5.74) is 2.35. The van der Waals surface area contributed by atoms with E-state index in [-0.39, 0.29) is 17.0 Å². The smallest absolute Gasteiger partial charge is 0.272 e. The summed E-state index contributed by atoms with van der Waals surface area (Å²) in [5.74, 6) is -0.406. The quantitative estimate of drug-likeness (QED) is 0.436. The number of likely N-dealkylation sites (tertiary alicyclic amines) is 1. The number of hydrogen-bond donors (Lipinski definition) is 2. The molecule has 1 aromatic heterocycles. The molecule has 0 spiro atoms. The molecule has 34 heavy (non-hydrogen) atoms. The van der Waals surface area contributed by atoms with Crippen LogP contribution in [-0.2, 0) is 6.42 Å². The molecular formula is C27H25FN4O2. The molecule has 7 heteroatoms. The number of nitrogens with one attached hydrogen (secondary N) is 2. The summed E-state index contributed by atoms with van der Waals surface area (Å²) in [6.07, 6.45) is 1.33. The summed E-state index contributed by atoms with van der Waals surface area (Å²) >= 11 is 0. The predicted octanol–water partition coefficient (Wildman–Crippen LogP) is 4.23. The first-order valence-corrected chi connectivity index (χ1v) is 11.4. The number of halogens is 1. The predicted molar refractivity (Wildman–Crippen MR) is 131 cm³/mol. The molecule has 2 N–H and O–H groups in total. The molecule has 1 fully saturated rings. The van der Waals surface area contributed by atoms with E-state index in [1.807, 2.05) is 42.5 Å². The van der Waals surface area contributed by atoms with E-state index in [0.717, 1.165) is 29.6 Å². The number of fused-ring (bicyclic) bond motifs is 1. The van der Waals surface area contributed by atoms with Crippen LogP contribution >= 0.6 is 0 Å². The Morgan fingerprint density at radius 3 is 2.56 bits per heavy atom.